The number of amides is 1. The minimum Gasteiger partial charge on any atom is -0.496 e. The van der Waals surface area contributed by atoms with Crippen LogP contribution in [0, 0.1) is 0 Å². The Bertz CT molecular complexity index is 516. The van der Waals surface area contributed by atoms with E-state index < -0.39 is 18.2 Å². The summed E-state index contributed by atoms with van der Waals surface area (Å²) >= 11 is 0. The highest BCUT2D eigenvalue weighted by Gasteiger charge is 2.20. The lowest BCUT2D eigenvalue weighted by Crippen LogP contribution is -2.34. The van der Waals surface area contributed by atoms with Crippen molar-refractivity contribution >= 4 is 11.9 Å². The van der Waals surface area contributed by atoms with Crippen LogP contribution in [-0.4, -0.2) is 47.0 Å². The van der Waals surface area contributed by atoms with Gasteiger partial charge in [-0.3, -0.25) is 9.59 Å². The average molecular weight is 297 g/mol. The van der Waals surface area contributed by atoms with Crippen molar-refractivity contribution in [2.24, 2.45) is 0 Å². The van der Waals surface area contributed by atoms with E-state index in [1.807, 2.05) is 0 Å². The first-order valence-corrected chi connectivity index (χ1v) is 6.34. The lowest BCUT2D eigenvalue weighted by Gasteiger charge is -2.19. The molecule has 0 aliphatic rings. The van der Waals surface area contributed by atoms with E-state index in [4.69, 9.17) is 9.84 Å². The van der Waals surface area contributed by atoms with Gasteiger partial charge in [-0.15, -0.1) is 0 Å². The largest absolute Gasteiger partial charge is 0.496 e. The number of ether oxygens (including phenoxy) is 1. The Hall–Kier alpha value is -2.12. The quantitative estimate of drug-likeness (QED) is 0.556. The summed E-state index contributed by atoms with van der Waals surface area (Å²) in [7, 11) is 1.39. The lowest BCUT2D eigenvalue weighted by atomic mass is 10.0. The summed E-state index contributed by atoms with van der Waals surface area (Å²) < 4.78 is 5.09. The second-order valence-corrected chi connectivity index (χ2v) is 4.59. The molecule has 2 unspecified atom stereocenters. The minimum atomic E-state index is -1.22. The molecule has 0 spiro atoms. The second kappa shape index (κ2) is 7.61. The molecule has 0 aromatic heterocycles. The zero-order chi connectivity index (χ0) is 16.0. The standard InChI is InChI=1S/C14H19NO6/c1-8(16)15-7-11(17)14(20)10-4-3-9(6-13(18)19)12(5-10)21-2/h3-5,11,14,17,20H,6-7H2,1-2H3,(H,15,16)(H,18,19). The Kier molecular flexibility index (Phi) is 6.13. The third-order valence-electron chi connectivity index (χ3n) is 2.92. The van der Waals surface area contributed by atoms with Gasteiger partial charge in [0.2, 0.25) is 5.91 Å². The summed E-state index contributed by atoms with van der Waals surface area (Å²) in [5, 5.41) is 31.0. The molecule has 0 aliphatic carbocycles. The molecule has 1 rings (SSSR count). The van der Waals surface area contributed by atoms with Gasteiger partial charge in [-0.2, -0.15) is 0 Å². The predicted molar refractivity (Wildman–Crippen MR) is 74.0 cm³/mol. The van der Waals surface area contributed by atoms with E-state index in [1.165, 1.54) is 32.2 Å². The zero-order valence-electron chi connectivity index (χ0n) is 11.9. The number of carbonyl (C=O) groups excluding carboxylic acids is 1. The molecule has 7 heteroatoms. The molecule has 4 N–H and O–H groups in total. The smallest absolute Gasteiger partial charge is 0.307 e. The molecular formula is C14H19NO6. The van der Waals surface area contributed by atoms with Crippen molar-refractivity contribution in [3.05, 3.63) is 29.3 Å². The van der Waals surface area contributed by atoms with Gasteiger partial charge < -0.3 is 25.4 Å². The normalized spacial score (nSPS) is 13.3. The van der Waals surface area contributed by atoms with Gasteiger partial charge in [0.25, 0.3) is 0 Å². The van der Waals surface area contributed by atoms with Gasteiger partial charge in [0.1, 0.15) is 18.0 Å². The molecule has 1 aromatic carbocycles. The number of aliphatic carboxylic acids is 1. The van der Waals surface area contributed by atoms with E-state index in [1.54, 1.807) is 0 Å². The Morgan fingerprint density at radius 2 is 2.00 bits per heavy atom. The predicted octanol–water partition coefficient (Wildman–Crippen LogP) is -0.147. The first-order chi connectivity index (χ1) is 9.85. The molecular weight excluding hydrogens is 278 g/mol. The third-order valence-corrected chi connectivity index (χ3v) is 2.92. The Morgan fingerprint density at radius 3 is 2.52 bits per heavy atom. The van der Waals surface area contributed by atoms with E-state index in [0.717, 1.165) is 0 Å². The molecule has 0 saturated heterocycles. The average Bonchev–Trinajstić information content (AvgIpc) is 2.43. The van der Waals surface area contributed by atoms with Crippen molar-refractivity contribution in [1.29, 1.82) is 0 Å². The molecule has 0 saturated carbocycles. The molecule has 116 valence electrons. The van der Waals surface area contributed by atoms with Crippen molar-refractivity contribution in [2.45, 2.75) is 25.6 Å². The molecule has 0 heterocycles. The highest BCUT2D eigenvalue weighted by molar-refractivity contribution is 5.72. The van der Waals surface area contributed by atoms with Crippen LogP contribution in [0.25, 0.3) is 0 Å². The number of aliphatic hydroxyl groups is 2. The van der Waals surface area contributed by atoms with Crippen molar-refractivity contribution < 1.29 is 29.6 Å². The zero-order valence-corrected chi connectivity index (χ0v) is 11.9. The van der Waals surface area contributed by atoms with E-state index in [2.05, 4.69) is 5.32 Å². The molecule has 7 nitrogen and oxygen atoms in total. The van der Waals surface area contributed by atoms with Crippen molar-refractivity contribution in [1.82, 2.24) is 5.32 Å². The Morgan fingerprint density at radius 1 is 1.33 bits per heavy atom. The maximum absolute atomic E-state index is 10.8. The third kappa shape index (κ3) is 5.05. The van der Waals surface area contributed by atoms with Crippen molar-refractivity contribution in [3.8, 4) is 5.75 Å². The number of aliphatic hydroxyl groups excluding tert-OH is 2. The van der Waals surface area contributed by atoms with E-state index >= 15 is 0 Å². The Balaban J connectivity index is 2.87. The first-order valence-electron chi connectivity index (χ1n) is 6.34. The summed E-state index contributed by atoms with van der Waals surface area (Å²) in [5.41, 5.74) is 0.844. The van der Waals surface area contributed by atoms with Crippen LogP contribution < -0.4 is 10.1 Å². The van der Waals surface area contributed by atoms with Gasteiger partial charge in [-0.1, -0.05) is 12.1 Å². The van der Waals surface area contributed by atoms with Gasteiger partial charge in [0.15, 0.2) is 0 Å². The SMILES string of the molecule is COc1cc(C(O)C(O)CNC(C)=O)ccc1CC(=O)O. The summed E-state index contributed by atoms with van der Waals surface area (Å²) in [5.74, 6) is -0.983. The maximum Gasteiger partial charge on any atom is 0.307 e. The van der Waals surface area contributed by atoms with Gasteiger partial charge in [-0.25, -0.2) is 0 Å². The number of nitrogens with one attached hydrogen (secondary N) is 1. The van der Waals surface area contributed by atoms with E-state index in [0.29, 0.717) is 16.9 Å². The highest BCUT2D eigenvalue weighted by Crippen LogP contribution is 2.26. The van der Waals surface area contributed by atoms with Gasteiger partial charge >= 0.3 is 5.97 Å². The lowest BCUT2D eigenvalue weighted by molar-refractivity contribution is -0.136. The monoisotopic (exact) mass is 297 g/mol. The van der Waals surface area contributed by atoms with Crippen LogP contribution in [0.5, 0.6) is 5.75 Å². The number of hydrogen-bond acceptors (Lipinski definition) is 5. The van der Waals surface area contributed by atoms with Gasteiger partial charge in [0.05, 0.1) is 13.5 Å². The molecule has 0 bridgehead atoms. The molecule has 21 heavy (non-hydrogen) atoms. The molecule has 0 fully saturated rings. The minimum absolute atomic E-state index is 0.0876. The number of carboxylic acid groups (broad SMARTS) is 1. The van der Waals surface area contributed by atoms with Crippen molar-refractivity contribution in [2.75, 3.05) is 13.7 Å². The van der Waals surface area contributed by atoms with Crippen LogP contribution in [0.15, 0.2) is 18.2 Å². The van der Waals surface area contributed by atoms with Crippen molar-refractivity contribution in [3.63, 3.8) is 0 Å². The van der Waals surface area contributed by atoms with Crippen LogP contribution in [0.4, 0.5) is 0 Å². The fourth-order valence-electron chi connectivity index (χ4n) is 1.84. The Labute approximate surface area is 122 Å². The van der Waals surface area contributed by atoms with Crippen LogP contribution >= 0.6 is 0 Å². The molecule has 2 atom stereocenters. The van der Waals surface area contributed by atoms with Crippen LogP contribution in [-0.2, 0) is 16.0 Å². The van der Waals surface area contributed by atoms with Gasteiger partial charge in [0, 0.05) is 19.0 Å². The molecule has 0 radical (unpaired) electrons. The second-order valence-electron chi connectivity index (χ2n) is 4.59. The fourth-order valence-corrected chi connectivity index (χ4v) is 1.84. The van der Waals surface area contributed by atoms with Crippen LogP contribution in [0.2, 0.25) is 0 Å². The number of methoxy groups -OCH3 is 1. The number of carboxylic acids is 1. The summed E-state index contributed by atoms with van der Waals surface area (Å²) in [6.07, 6.45) is -2.60. The summed E-state index contributed by atoms with van der Waals surface area (Å²) in [6, 6.07) is 4.51. The van der Waals surface area contributed by atoms with E-state index in [9.17, 15) is 19.8 Å². The number of hydrogen-bond donors (Lipinski definition) is 4. The number of carbonyl (C=O) groups is 2. The highest BCUT2D eigenvalue weighted by atomic mass is 16.5. The molecule has 1 amide bonds. The van der Waals surface area contributed by atoms with E-state index in [-0.39, 0.29) is 18.9 Å². The van der Waals surface area contributed by atoms with Crippen LogP contribution in [0.1, 0.15) is 24.2 Å². The number of benzene rings is 1. The topological polar surface area (TPSA) is 116 Å². The maximum atomic E-state index is 10.8. The summed E-state index contributed by atoms with van der Waals surface area (Å²) in [6.45, 7) is 1.22. The molecule has 1 aromatic rings. The number of rotatable bonds is 7. The fraction of sp³-hybridized carbons (Fsp3) is 0.429. The summed E-state index contributed by atoms with van der Waals surface area (Å²) in [4.78, 5) is 21.5. The first kappa shape index (κ1) is 16.9. The molecule has 0 aliphatic heterocycles. The van der Waals surface area contributed by atoms with Crippen LogP contribution in [0.3, 0.4) is 0 Å². The van der Waals surface area contributed by atoms with Gasteiger partial charge in [-0.05, 0) is 11.6 Å².